The number of rotatable bonds is 4. The summed E-state index contributed by atoms with van der Waals surface area (Å²) in [5, 5.41) is 7.84. The van der Waals surface area contributed by atoms with Crippen LogP contribution in [-0.4, -0.2) is 30.0 Å². The third-order valence-corrected chi connectivity index (χ3v) is 3.92. The number of hydrogen-bond donors (Lipinski definition) is 2. The summed E-state index contributed by atoms with van der Waals surface area (Å²) < 4.78 is 5.43. The van der Waals surface area contributed by atoms with Gasteiger partial charge in [-0.2, -0.15) is 5.10 Å². The zero-order chi connectivity index (χ0) is 11.7. The molecule has 1 aromatic heterocycles. The highest BCUT2D eigenvalue weighted by atomic mass is 16.5. The van der Waals surface area contributed by atoms with Gasteiger partial charge in [-0.25, -0.2) is 0 Å². The second-order valence-corrected chi connectivity index (χ2v) is 5.20. The number of nitrogens with one attached hydrogen (secondary N) is 1. The Labute approximate surface area is 102 Å². The Morgan fingerprint density at radius 1 is 1.18 bits per heavy atom. The topological polar surface area (TPSA) is 63.9 Å². The van der Waals surface area contributed by atoms with Crippen LogP contribution in [0.4, 0.5) is 0 Å². The highest BCUT2D eigenvalue weighted by Gasteiger charge is 2.31. The van der Waals surface area contributed by atoms with Crippen molar-refractivity contribution in [3.63, 3.8) is 0 Å². The molecule has 17 heavy (non-hydrogen) atoms. The summed E-state index contributed by atoms with van der Waals surface area (Å²) in [7, 11) is 0. The number of nitrogens with zero attached hydrogens (tertiary/aromatic N) is 1. The molecule has 0 bridgehead atoms. The van der Waals surface area contributed by atoms with Crippen molar-refractivity contribution >= 4 is 0 Å². The second kappa shape index (κ2) is 4.78. The number of aromatic nitrogens is 2. The van der Waals surface area contributed by atoms with E-state index in [1.54, 1.807) is 0 Å². The van der Waals surface area contributed by atoms with Gasteiger partial charge in [-0.1, -0.05) is 0 Å². The van der Waals surface area contributed by atoms with Crippen molar-refractivity contribution in [2.24, 2.45) is 5.73 Å². The van der Waals surface area contributed by atoms with Crippen molar-refractivity contribution in [3.8, 4) is 0 Å². The minimum absolute atomic E-state index is 0.602. The standard InChI is InChI=1S/C13H21N3O/c14-6-3-11-12(9-1-2-9)15-16-13(11)10-4-7-17-8-5-10/h9-10H,1-8,14H2,(H,15,16). The van der Waals surface area contributed by atoms with E-state index in [0.717, 1.165) is 39.0 Å². The van der Waals surface area contributed by atoms with Gasteiger partial charge in [0.25, 0.3) is 0 Å². The fourth-order valence-corrected chi connectivity index (χ4v) is 2.82. The van der Waals surface area contributed by atoms with E-state index in [0.29, 0.717) is 11.8 Å². The van der Waals surface area contributed by atoms with Gasteiger partial charge in [0.05, 0.1) is 5.69 Å². The zero-order valence-corrected chi connectivity index (χ0v) is 10.2. The molecule has 0 atom stereocenters. The van der Waals surface area contributed by atoms with Crippen molar-refractivity contribution in [2.75, 3.05) is 19.8 Å². The highest BCUT2D eigenvalue weighted by molar-refractivity contribution is 5.33. The summed E-state index contributed by atoms with van der Waals surface area (Å²) in [6, 6.07) is 0. The van der Waals surface area contributed by atoms with E-state index in [1.165, 1.54) is 29.8 Å². The number of nitrogens with two attached hydrogens (primary N) is 1. The van der Waals surface area contributed by atoms with Crippen LogP contribution in [0.1, 0.15) is 54.5 Å². The quantitative estimate of drug-likeness (QED) is 0.834. The lowest BCUT2D eigenvalue weighted by atomic mass is 9.91. The number of ether oxygens (including phenoxy) is 1. The summed E-state index contributed by atoms with van der Waals surface area (Å²) in [6.45, 7) is 2.48. The van der Waals surface area contributed by atoms with Crippen LogP contribution < -0.4 is 5.73 Å². The summed E-state index contributed by atoms with van der Waals surface area (Å²) >= 11 is 0. The normalized spacial score (nSPS) is 21.9. The molecule has 0 radical (unpaired) electrons. The van der Waals surface area contributed by atoms with Crippen LogP contribution in [0, 0.1) is 0 Å². The molecule has 0 spiro atoms. The van der Waals surface area contributed by atoms with Crippen LogP contribution >= 0.6 is 0 Å². The molecular weight excluding hydrogens is 214 g/mol. The Morgan fingerprint density at radius 2 is 1.94 bits per heavy atom. The maximum Gasteiger partial charge on any atom is 0.0688 e. The van der Waals surface area contributed by atoms with Crippen LogP contribution in [-0.2, 0) is 11.2 Å². The molecule has 0 amide bonds. The van der Waals surface area contributed by atoms with E-state index in [9.17, 15) is 0 Å². The summed E-state index contributed by atoms with van der Waals surface area (Å²) in [5.41, 5.74) is 9.81. The fourth-order valence-electron chi connectivity index (χ4n) is 2.82. The second-order valence-electron chi connectivity index (χ2n) is 5.20. The van der Waals surface area contributed by atoms with Crippen molar-refractivity contribution < 1.29 is 4.74 Å². The van der Waals surface area contributed by atoms with E-state index in [2.05, 4.69) is 10.2 Å². The van der Waals surface area contributed by atoms with Crippen LogP contribution in [0.15, 0.2) is 0 Å². The van der Waals surface area contributed by atoms with Gasteiger partial charge in [0, 0.05) is 30.7 Å². The molecule has 1 saturated heterocycles. The summed E-state index contributed by atoms with van der Waals surface area (Å²) in [5.74, 6) is 1.31. The first kappa shape index (κ1) is 11.2. The highest BCUT2D eigenvalue weighted by Crippen LogP contribution is 2.42. The van der Waals surface area contributed by atoms with Gasteiger partial charge in [0.15, 0.2) is 0 Å². The molecule has 0 aromatic carbocycles. The van der Waals surface area contributed by atoms with Crippen molar-refractivity contribution in [1.29, 1.82) is 0 Å². The van der Waals surface area contributed by atoms with Crippen LogP contribution in [0.25, 0.3) is 0 Å². The number of H-pyrrole nitrogens is 1. The molecule has 2 aliphatic rings. The monoisotopic (exact) mass is 235 g/mol. The minimum Gasteiger partial charge on any atom is -0.381 e. The Balaban J connectivity index is 1.86. The molecule has 4 heteroatoms. The largest absolute Gasteiger partial charge is 0.381 e. The summed E-state index contributed by atoms with van der Waals surface area (Å²) in [4.78, 5) is 0. The molecule has 2 heterocycles. The van der Waals surface area contributed by atoms with Crippen molar-refractivity contribution in [3.05, 3.63) is 17.0 Å². The van der Waals surface area contributed by atoms with Crippen molar-refractivity contribution in [1.82, 2.24) is 10.2 Å². The fraction of sp³-hybridized carbons (Fsp3) is 0.769. The van der Waals surface area contributed by atoms with E-state index in [-0.39, 0.29) is 0 Å². The first-order valence-corrected chi connectivity index (χ1v) is 6.75. The maximum atomic E-state index is 5.74. The summed E-state index contributed by atoms with van der Waals surface area (Å²) in [6.07, 6.45) is 5.80. The van der Waals surface area contributed by atoms with E-state index in [4.69, 9.17) is 10.5 Å². The maximum absolute atomic E-state index is 5.74. The Morgan fingerprint density at radius 3 is 2.59 bits per heavy atom. The predicted molar refractivity (Wildman–Crippen MR) is 66.1 cm³/mol. The van der Waals surface area contributed by atoms with Gasteiger partial charge >= 0.3 is 0 Å². The zero-order valence-electron chi connectivity index (χ0n) is 10.2. The molecule has 1 aromatic rings. The molecule has 3 rings (SSSR count). The molecule has 94 valence electrons. The average molecular weight is 235 g/mol. The third-order valence-electron chi connectivity index (χ3n) is 3.92. The molecule has 1 saturated carbocycles. The lowest BCUT2D eigenvalue weighted by molar-refractivity contribution is 0.0843. The molecule has 3 N–H and O–H groups in total. The number of hydrogen-bond acceptors (Lipinski definition) is 3. The van der Waals surface area contributed by atoms with Gasteiger partial charge in [-0.15, -0.1) is 0 Å². The predicted octanol–water partition coefficient (Wildman–Crippen LogP) is 1.68. The average Bonchev–Trinajstić information content (AvgIpc) is 3.13. The van der Waals surface area contributed by atoms with Gasteiger partial charge in [0.2, 0.25) is 0 Å². The third kappa shape index (κ3) is 2.24. The molecule has 1 aliphatic heterocycles. The molecular formula is C13H21N3O. The SMILES string of the molecule is NCCc1c(C2CC2)n[nH]c1C1CCOCC1. The van der Waals surface area contributed by atoms with Crippen LogP contribution in [0.3, 0.4) is 0 Å². The lowest BCUT2D eigenvalue weighted by Crippen LogP contribution is -2.16. The van der Waals surface area contributed by atoms with E-state index < -0.39 is 0 Å². The van der Waals surface area contributed by atoms with Gasteiger partial charge < -0.3 is 10.5 Å². The van der Waals surface area contributed by atoms with E-state index >= 15 is 0 Å². The number of aromatic amines is 1. The van der Waals surface area contributed by atoms with Gasteiger partial charge in [-0.05, 0) is 44.2 Å². The smallest absolute Gasteiger partial charge is 0.0688 e. The Bertz CT molecular complexity index is 378. The molecule has 2 fully saturated rings. The molecule has 1 aliphatic carbocycles. The molecule has 4 nitrogen and oxygen atoms in total. The Hall–Kier alpha value is -0.870. The van der Waals surface area contributed by atoms with Gasteiger partial charge in [0.1, 0.15) is 0 Å². The van der Waals surface area contributed by atoms with Gasteiger partial charge in [-0.3, -0.25) is 5.10 Å². The minimum atomic E-state index is 0.602. The first-order valence-electron chi connectivity index (χ1n) is 6.75. The van der Waals surface area contributed by atoms with Crippen LogP contribution in [0.2, 0.25) is 0 Å². The Kier molecular flexibility index (Phi) is 3.16. The molecule has 0 unspecified atom stereocenters. The van der Waals surface area contributed by atoms with Crippen LogP contribution in [0.5, 0.6) is 0 Å². The van der Waals surface area contributed by atoms with E-state index in [1.807, 2.05) is 0 Å². The first-order chi connectivity index (χ1) is 8.40. The lowest BCUT2D eigenvalue weighted by Gasteiger charge is -2.22. The van der Waals surface area contributed by atoms with Crippen molar-refractivity contribution in [2.45, 2.75) is 43.9 Å².